The number of carbonyl (C=O) groups is 2. The van der Waals surface area contributed by atoms with E-state index in [0.717, 1.165) is 0 Å². The third-order valence-corrected chi connectivity index (χ3v) is 3.43. The van der Waals surface area contributed by atoms with Crippen LogP contribution in [0.2, 0.25) is 0 Å². The Morgan fingerprint density at radius 3 is 2.56 bits per heavy atom. The topological polar surface area (TPSA) is 110 Å². The maximum atomic E-state index is 11.5. The zero-order valence-corrected chi connectivity index (χ0v) is 10.7. The third-order valence-electron chi connectivity index (χ3n) is 1.96. The molecule has 2 N–H and O–H groups in total. The van der Waals surface area contributed by atoms with Crippen LogP contribution in [0, 0.1) is 12.3 Å². The summed E-state index contributed by atoms with van der Waals surface area (Å²) in [6, 6.07) is -1.35. The minimum atomic E-state index is -3.79. The smallest absolute Gasteiger partial charge is 0.322 e. The summed E-state index contributed by atoms with van der Waals surface area (Å²) in [5.41, 5.74) is 0. The van der Waals surface area contributed by atoms with Crippen molar-refractivity contribution in [2.45, 2.75) is 25.3 Å². The molecule has 8 heteroatoms. The summed E-state index contributed by atoms with van der Waals surface area (Å²) in [6.07, 6.45) is 4.68. The maximum absolute atomic E-state index is 11.5. The van der Waals surface area contributed by atoms with Crippen molar-refractivity contribution in [2.75, 3.05) is 12.9 Å². The van der Waals surface area contributed by atoms with Crippen molar-refractivity contribution in [2.24, 2.45) is 0 Å². The summed E-state index contributed by atoms with van der Waals surface area (Å²) in [5.74, 6) is -0.159. The van der Waals surface area contributed by atoms with Gasteiger partial charge in [0.25, 0.3) is 0 Å². The van der Waals surface area contributed by atoms with Crippen LogP contribution in [0.3, 0.4) is 0 Å². The van der Waals surface area contributed by atoms with E-state index in [9.17, 15) is 18.0 Å². The average Bonchev–Trinajstić information content (AvgIpc) is 2.27. The lowest BCUT2D eigenvalue weighted by atomic mass is 10.2. The molecule has 1 atom stereocenters. The first-order chi connectivity index (χ1) is 8.32. The number of aliphatic carboxylic acids is 1. The Bertz CT molecular complexity index is 436. The molecule has 18 heavy (non-hydrogen) atoms. The zero-order chi connectivity index (χ0) is 14.2. The van der Waals surface area contributed by atoms with Gasteiger partial charge in [0.05, 0.1) is 12.9 Å². The number of sulfonamides is 1. The summed E-state index contributed by atoms with van der Waals surface area (Å²) in [6.45, 7) is 0. The van der Waals surface area contributed by atoms with Crippen LogP contribution in [0.15, 0.2) is 0 Å². The molecule has 0 rings (SSSR count). The van der Waals surface area contributed by atoms with Gasteiger partial charge in [0.15, 0.2) is 0 Å². The lowest BCUT2D eigenvalue weighted by Crippen LogP contribution is -2.41. The van der Waals surface area contributed by atoms with Crippen LogP contribution >= 0.6 is 0 Å². The Labute approximate surface area is 106 Å². The van der Waals surface area contributed by atoms with Gasteiger partial charge < -0.3 is 9.84 Å². The monoisotopic (exact) mass is 277 g/mol. The number of carboxylic acid groups (broad SMARTS) is 1. The molecule has 0 fully saturated rings. The van der Waals surface area contributed by atoms with Crippen molar-refractivity contribution in [3.05, 3.63) is 0 Å². The average molecular weight is 277 g/mol. The Hall–Kier alpha value is -1.59. The Morgan fingerprint density at radius 2 is 2.11 bits per heavy atom. The molecule has 1 unspecified atom stereocenters. The molecule has 0 aromatic carbocycles. The van der Waals surface area contributed by atoms with Gasteiger partial charge in [0.1, 0.15) is 6.04 Å². The number of nitrogens with one attached hydrogen (secondary N) is 1. The van der Waals surface area contributed by atoms with Crippen molar-refractivity contribution in [1.29, 1.82) is 0 Å². The lowest BCUT2D eigenvalue weighted by Gasteiger charge is -2.11. The van der Waals surface area contributed by atoms with Gasteiger partial charge in [-0.2, -0.15) is 4.72 Å². The third kappa shape index (κ3) is 6.88. The normalized spacial score (nSPS) is 12.4. The predicted octanol–water partition coefficient (Wildman–Crippen LogP) is -0.664. The molecule has 0 aromatic heterocycles. The summed E-state index contributed by atoms with van der Waals surface area (Å²) >= 11 is 0. The number of methoxy groups -OCH3 is 1. The molecule has 0 spiro atoms. The number of rotatable bonds is 8. The number of esters is 1. The Balaban J connectivity index is 4.33. The molecule has 0 amide bonds. The first-order valence-electron chi connectivity index (χ1n) is 5.05. The van der Waals surface area contributed by atoms with E-state index < -0.39 is 28.0 Å². The van der Waals surface area contributed by atoms with Gasteiger partial charge in [-0.15, -0.1) is 12.3 Å². The second-order valence-corrected chi connectivity index (χ2v) is 5.29. The first kappa shape index (κ1) is 16.4. The highest BCUT2D eigenvalue weighted by Gasteiger charge is 2.23. The van der Waals surface area contributed by atoms with Gasteiger partial charge >= 0.3 is 11.9 Å². The van der Waals surface area contributed by atoms with E-state index in [0.29, 0.717) is 0 Å². The van der Waals surface area contributed by atoms with E-state index >= 15 is 0 Å². The second kappa shape index (κ2) is 7.68. The molecule has 0 saturated carbocycles. The van der Waals surface area contributed by atoms with E-state index in [1.54, 1.807) is 0 Å². The zero-order valence-electron chi connectivity index (χ0n) is 9.88. The summed E-state index contributed by atoms with van der Waals surface area (Å²) < 4.78 is 29.3. The molecular weight excluding hydrogens is 262 g/mol. The molecule has 0 aliphatic heterocycles. The minimum absolute atomic E-state index is 0.0460. The van der Waals surface area contributed by atoms with E-state index in [1.165, 1.54) is 7.11 Å². The van der Waals surface area contributed by atoms with Crippen molar-refractivity contribution in [3.8, 4) is 12.3 Å². The largest absolute Gasteiger partial charge is 0.480 e. The van der Waals surface area contributed by atoms with Crippen LogP contribution in [0.25, 0.3) is 0 Å². The first-order valence-corrected chi connectivity index (χ1v) is 6.70. The molecule has 102 valence electrons. The van der Waals surface area contributed by atoms with Gasteiger partial charge in [0, 0.05) is 12.8 Å². The van der Waals surface area contributed by atoms with Crippen molar-refractivity contribution >= 4 is 22.0 Å². The predicted molar refractivity (Wildman–Crippen MR) is 63.0 cm³/mol. The summed E-state index contributed by atoms with van der Waals surface area (Å²) in [7, 11) is -2.59. The fraction of sp³-hybridized carbons (Fsp3) is 0.600. The van der Waals surface area contributed by atoms with Crippen LogP contribution < -0.4 is 4.72 Å². The number of terminal acetylenes is 1. The van der Waals surface area contributed by atoms with E-state index in [4.69, 9.17) is 11.5 Å². The van der Waals surface area contributed by atoms with Crippen molar-refractivity contribution in [3.63, 3.8) is 0 Å². The highest BCUT2D eigenvalue weighted by molar-refractivity contribution is 7.89. The quantitative estimate of drug-likeness (QED) is 0.450. The summed E-state index contributed by atoms with van der Waals surface area (Å²) in [4.78, 5) is 21.5. The molecule has 0 radical (unpaired) electrons. The molecule has 0 aliphatic carbocycles. The molecule has 7 nitrogen and oxygen atoms in total. The Morgan fingerprint density at radius 1 is 1.50 bits per heavy atom. The number of carboxylic acids is 1. The van der Waals surface area contributed by atoms with Gasteiger partial charge in [-0.1, -0.05) is 0 Å². The fourth-order valence-corrected chi connectivity index (χ4v) is 2.34. The van der Waals surface area contributed by atoms with Crippen LogP contribution in [0.4, 0.5) is 0 Å². The fourth-order valence-electron chi connectivity index (χ4n) is 1.08. The van der Waals surface area contributed by atoms with Crippen LogP contribution in [0.5, 0.6) is 0 Å². The van der Waals surface area contributed by atoms with Gasteiger partial charge in [0.2, 0.25) is 10.0 Å². The van der Waals surface area contributed by atoms with Gasteiger partial charge in [-0.05, 0) is 6.42 Å². The van der Waals surface area contributed by atoms with E-state index in [1.807, 2.05) is 4.72 Å². The maximum Gasteiger partial charge on any atom is 0.322 e. The molecule has 0 saturated heterocycles. The SMILES string of the molecule is C#CCC(NS(=O)(=O)CCCC(=O)OC)C(=O)O. The Kier molecular flexibility index (Phi) is 7.00. The summed E-state index contributed by atoms with van der Waals surface area (Å²) in [5, 5.41) is 8.72. The lowest BCUT2D eigenvalue weighted by molar-refractivity contribution is -0.141. The van der Waals surface area contributed by atoms with Gasteiger partial charge in [-0.25, -0.2) is 8.42 Å². The van der Waals surface area contributed by atoms with Crippen molar-refractivity contribution < 1.29 is 27.9 Å². The second-order valence-electron chi connectivity index (χ2n) is 3.42. The molecule has 0 aliphatic rings. The molecule has 0 aromatic rings. The number of hydrogen-bond acceptors (Lipinski definition) is 5. The molecule has 0 heterocycles. The minimum Gasteiger partial charge on any atom is -0.480 e. The van der Waals surface area contributed by atoms with Crippen LogP contribution in [-0.4, -0.2) is 44.4 Å². The van der Waals surface area contributed by atoms with E-state index in [2.05, 4.69) is 10.7 Å². The van der Waals surface area contributed by atoms with Gasteiger partial charge in [-0.3, -0.25) is 9.59 Å². The number of ether oxygens (including phenoxy) is 1. The highest BCUT2D eigenvalue weighted by Crippen LogP contribution is 2.00. The molecule has 0 bridgehead atoms. The highest BCUT2D eigenvalue weighted by atomic mass is 32.2. The van der Waals surface area contributed by atoms with Crippen LogP contribution in [-0.2, 0) is 24.3 Å². The van der Waals surface area contributed by atoms with Crippen LogP contribution in [0.1, 0.15) is 19.3 Å². The number of carbonyl (C=O) groups excluding carboxylic acids is 1. The molecular formula is C10H15NO6S. The standard InChI is InChI=1S/C10H15NO6S/c1-3-5-8(10(13)14)11-18(15,16)7-4-6-9(12)17-2/h1,8,11H,4-7H2,2H3,(H,13,14). The number of hydrogen-bond donors (Lipinski definition) is 2. The van der Waals surface area contributed by atoms with E-state index in [-0.39, 0.29) is 25.0 Å². The van der Waals surface area contributed by atoms with Crippen molar-refractivity contribution in [1.82, 2.24) is 4.72 Å².